The molecule has 2 aromatic carbocycles. The zero-order valence-corrected chi connectivity index (χ0v) is 12.9. The van der Waals surface area contributed by atoms with Crippen molar-refractivity contribution >= 4 is 23.3 Å². The fraction of sp³-hybridized carbons (Fsp3) is 0.176. The van der Waals surface area contributed by atoms with Crippen LogP contribution in [0.5, 0.6) is 5.75 Å². The molecule has 1 aliphatic rings. The Morgan fingerprint density at radius 1 is 1.42 bits per heavy atom. The number of halogens is 1. The number of carbonyl (C=O) groups excluding carboxylic acids is 2. The SMILES string of the molecule is COC(=O)Cc1cc(F)cc(N2Cc3cccc(N)c3C2=O)c1O. The van der Waals surface area contributed by atoms with Gasteiger partial charge in [-0.15, -0.1) is 0 Å². The third kappa shape index (κ3) is 2.54. The molecule has 3 N–H and O–H groups in total. The third-order valence-corrected chi connectivity index (χ3v) is 3.96. The van der Waals surface area contributed by atoms with E-state index in [1.807, 2.05) is 0 Å². The number of rotatable bonds is 3. The second-order valence-corrected chi connectivity index (χ2v) is 5.46. The maximum Gasteiger partial charge on any atom is 0.310 e. The zero-order valence-electron chi connectivity index (χ0n) is 12.9. The molecule has 0 atom stereocenters. The van der Waals surface area contributed by atoms with Gasteiger partial charge in [-0.1, -0.05) is 12.1 Å². The number of esters is 1. The number of fused-ring (bicyclic) bond motifs is 1. The van der Waals surface area contributed by atoms with E-state index in [9.17, 15) is 19.1 Å². The molecule has 0 bridgehead atoms. The Morgan fingerprint density at radius 2 is 2.17 bits per heavy atom. The molecule has 0 saturated carbocycles. The maximum absolute atomic E-state index is 13.9. The van der Waals surface area contributed by atoms with E-state index in [0.717, 1.165) is 12.1 Å². The Morgan fingerprint density at radius 3 is 2.83 bits per heavy atom. The van der Waals surface area contributed by atoms with Crippen molar-refractivity contribution in [3.05, 3.63) is 52.8 Å². The smallest absolute Gasteiger partial charge is 0.310 e. The van der Waals surface area contributed by atoms with Gasteiger partial charge in [0, 0.05) is 17.3 Å². The monoisotopic (exact) mass is 330 g/mol. The number of aromatic hydroxyl groups is 1. The molecule has 24 heavy (non-hydrogen) atoms. The van der Waals surface area contributed by atoms with Gasteiger partial charge in [0.15, 0.2) is 0 Å². The van der Waals surface area contributed by atoms with Crippen LogP contribution in [0.25, 0.3) is 0 Å². The molecule has 0 spiro atoms. The first-order valence-electron chi connectivity index (χ1n) is 7.19. The maximum atomic E-state index is 13.9. The summed E-state index contributed by atoms with van der Waals surface area (Å²) in [5.74, 6) is -2.05. The lowest BCUT2D eigenvalue weighted by Gasteiger charge is -2.19. The minimum absolute atomic E-state index is 0.00509. The molecule has 0 aromatic heterocycles. The van der Waals surface area contributed by atoms with Gasteiger partial charge in [-0.05, 0) is 17.7 Å². The lowest BCUT2D eigenvalue weighted by atomic mass is 10.1. The highest BCUT2D eigenvalue weighted by molar-refractivity contribution is 6.13. The molecule has 7 heteroatoms. The third-order valence-electron chi connectivity index (χ3n) is 3.96. The summed E-state index contributed by atoms with van der Waals surface area (Å²) in [7, 11) is 1.20. The molecule has 2 aromatic rings. The number of carbonyl (C=O) groups is 2. The number of phenols is 1. The van der Waals surface area contributed by atoms with Gasteiger partial charge in [-0.25, -0.2) is 4.39 Å². The minimum atomic E-state index is -0.668. The summed E-state index contributed by atoms with van der Waals surface area (Å²) < 4.78 is 18.5. The summed E-state index contributed by atoms with van der Waals surface area (Å²) in [5.41, 5.74) is 7.24. The quantitative estimate of drug-likeness (QED) is 0.663. The first-order chi connectivity index (χ1) is 11.4. The van der Waals surface area contributed by atoms with Gasteiger partial charge in [-0.2, -0.15) is 0 Å². The predicted molar refractivity (Wildman–Crippen MR) is 85.2 cm³/mol. The van der Waals surface area contributed by atoms with Crippen molar-refractivity contribution in [2.75, 3.05) is 17.7 Å². The molecule has 1 aliphatic heterocycles. The highest BCUT2D eigenvalue weighted by Crippen LogP contribution is 2.38. The van der Waals surface area contributed by atoms with E-state index in [0.29, 0.717) is 16.8 Å². The Bertz CT molecular complexity index is 851. The topological polar surface area (TPSA) is 92.9 Å². The highest BCUT2D eigenvalue weighted by atomic mass is 19.1. The summed E-state index contributed by atoms with van der Waals surface area (Å²) in [4.78, 5) is 25.2. The van der Waals surface area contributed by atoms with E-state index < -0.39 is 17.7 Å². The van der Waals surface area contributed by atoms with E-state index >= 15 is 0 Å². The fourth-order valence-electron chi connectivity index (χ4n) is 2.79. The van der Waals surface area contributed by atoms with E-state index in [4.69, 9.17) is 5.73 Å². The molecule has 6 nitrogen and oxygen atoms in total. The van der Waals surface area contributed by atoms with Crippen molar-refractivity contribution in [3.63, 3.8) is 0 Å². The first-order valence-corrected chi connectivity index (χ1v) is 7.19. The molecule has 0 unspecified atom stereocenters. The van der Waals surface area contributed by atoms with Crippen molar-refractivity contribution < 1.29 is 23.8 Å². The second-order valence-electron chi connectivity index (χ2n) is 5.46. The number of benzene rings is 2. The van der Waals surface area contributed by atoms with Crippen LogP contribution in [0.4, 0.5) is 15.8 Å². The van der Waals surface area contributed by atoms with Crippen LogP contribution in [0.2, 0.25) is 0 Å². The summed E-state index contributed by atoms with van der Waals surface area (Å²) in [6.45, 7) is 0.161. The van der Waals surface area contributed by atoms with E-state index in [1.54, 1.807) is 18.2 Å². The number of phenolic OH excluding ortho intramolecular Hbond substituents is 1. The van der Waals surface area contributed by atoms with E-state index in [-0.39, 0.29) is 30.0 Å². The molecule has 0 radical (unpaired) electrons. The molecular formula is C17H15FN2O4. The minimum Gasteiger partial charge on any atom is -0.505 e. The van der Waals surface area contributed by atoms with Crippen LogP contribution in [0.3, 0.4) is 0 Å². The van der Waals surface area contributed by atoms with E-state index in [2.05, 4.69) is 4.74 Å². The van der Waals surface area contributed by atoms with Gasteiger partial charge in [0.2, 0.25) is 0 Å². The lowest BCUT2D eigenvalue weighted by Crippen LogP contribution is -2.24. The van der Waals surface area contributed by atoms with Gasteiger partial charge >= 0.3 is 5.97 Å². The van der Waals surface area contributed by atoms with Crippen LogP contribution in [-0.2, 0) is 22.5 Å². The highest BCUT2D eigenvalue weighted by Gasteiger charge is 2.32. The van der Waals surface area contributed by atoms with Crippen molar-refractivity contribution in [1.82, 2.24) is 0 Å². The zero-order chi connectivity index (χ0) is 17.4. The van der Waals surface area contributed by atoms with Crippen LogP contribution >= 0.6 is 0 Å². The largest absolute Gasteiger partial charge is 0.505 e. The molecule has 3 rings (SSSR count). The van der Waals surface area contributed by atoms with E-state index in [1.165, 1.54) is 12.0 Å². The Balaban J connectivity index is 2.04. The predicted octanol–water partition coefficient (Wildman–Crippen LogP) is 1.99. The number of amides is 1. The summed E-state index contributed by atoms with van der Waals surface area (Å²) in [6.07, 6.45) is -0.301. The van der Waals surface area contributed by atoms with Crippen LogP contribution < -0.4 is 10.6 Å². The number of hydrogen-bond donors (Lipinski definition) is 2. The second kappa shape index (κ2) is 5.84. The fourth-order valence-corrected chi connectivity index (χ4v) is 2.79. The van der Waals surface area contributed by atoms with Gasteiger partial charge in [-0.3, -0.25) is 9.59 Å². The average Bonchev–Trinajstić information content (AvgIpc) is 2.88. The van der Waals surface area contributed by atoms with Gasteiger partial charge in [0.1, 0.15) is 11.6 Å². The van der Waals surface area contributed by atoms with Crippen LogP contribution in [-0.4, -0.2) is 24.1 Å². The Labute approximate surface area is 137 Å². The molecule has 1 heterocycles. The number of methoxy groups -OCH3 is 1. The number of hydrogen-bond acceptors (Lipinski definition) is 5. The molecule has 0 saturated heterocycles. The average molecular weight is 330 g/mol. The van der Waals surface area contributed by atoms with Crippen LogP contribution in [0.15, 0.2) is 30.3 Å². The van der Waals surface area contributed by atoms with Crippen LogP contribution in [0, 0.1) is 5.82 Å². The molecular weight excluding hydrogens is 315 g/mol. The van der Waals surface area contributed by atoms with Crippen LogP contribution in [0.1, 0.15) is 21.5 Å². The van der Waals surface area contributed by atoms with Crippen molar-refractivity contribution in [3.8, 4) is 5.75 Å². The Hall–Kier alpha value is -3.09. The molecule has 1 amide bonds. The van der Waals surface area contributed by atoms with Gasteiger partial charge in [0.25, 0.3) is 5.91 Å². The number of nitrogen functional groups attached to an aromatic ring is 1. The number of nitrogens with two attached hydrogens (primary N) is 1. The first kappa shape index (κ1) is 15.8. The molecule has 0 aliphatic carbocycles. The normalized spacial score (nSPS) is 13.1. The summed E-state index contributed by atoms with van der Waals surface area (Å²) in [5, 5.41) is 10.4. The summed E-state index contributed by atoms with van der Waals surface area (Å²) in [6, 6.07) is 7.16. The van der Waals surface area contributed by atoms with Crippen molar-refractivity contribution in [2.24, 2.45) is 0 Å². The molecule has 0 fully saturated rings. The standard InChI is InChI=1S/C17H15FN2O4/c1-24-14(21)6-10-5-11(18)7-13(16(10)22)20-8-9-3-2-4-12(19)15(9)17(20)23/h2-5,7,22H,6,8,19H2,1H3. The van der Waals surface area contributed by atoms with Gasteiger partial charge < -0.3 is 20.5 Å². The lowest BCUT2D eigenvalue weighted by molar-refractivity contribution is -0.139. The van der Waals surface area contributed by atoms with Crippen molar-refractivity contribution in [2.45, 2.75) is 13.0 Å². The van der Waals surface area contributed by atoms with Crippen molar-refractivity contribution in [1.29, 1.82) is 0 Å². The molecule has 124 valence electrons. The Kier molecular flexibility index (Phi) is 3.84. The number of ether oxygens (including phenoxy) is 1. The van der Waals surface area contributed by atoms with Gasteiger partial charge in [0.05, 0.1) is 31.3 Å². The summed E-state index contributed by atoms with van der Waals surface area (Å²) >= 11 is 0. The number of anilines is 2. The number of nitrogens with zero attached hydrogens (tertiary/aromatic N) is 1.